The van der Waals surface area contributed by atoms with Crippen molar-refractivity contribution in [2.75, 3.05) is 20.3 Å². The molecule has 0 spiro atoms. The molecule has 0 saturated carbocycles. The molecule has 4 heteroatoms. The van der Waals surface area contributed by atoms with Crippen LogP contribution in [-0.4, -0.2) is 31.2 Å². The molecular weight excluding hydrogens is 400 g/mol. The Hall–Kier alpha value is -2.35. The van der Waals surface area contributed by atoms with E-state index in [4.69, 9.17) is 15.9 Å². The molecule has 1 N–H and O–H groups in total. The van der Waals surface area contributed by atoms with E-state index in [1.54, 1.807) is 7.11 Å². The first-order chi connectivity index (χ1) is 15.5. The molecule has 2 unspecified atom stereocenters. The number of ketones is 1. The second-order valence-corrected chi connectivity index (χ2v) is 9.69. The van der Waals surface area contributed by atoms with Crippen molar-refractivity contribution in [2.24, 2.45) is 17.3 Å². The maximum absolute atomic E-state index is 12.2. The van der Waals surface area contributed by atoms with Crippen LogP contribution in [0.4, 0.5) is 0 Å². The zero-order chi connectivity index (χ0) is 22.7. The molecule has 4 atom stereocenters. The highest BCUT2D eigenvalue weighted by Crippen LogP contribution is 2.55. The molecule has 170 valence electrons. The van der Waals surface area contributed by atoms with E-state index in [1.165, 1.54) is 16.7 Å². The fraction of sp³-hybridized carbons (Fsp3) is 0.536. The fourth-order valence-corrected chi connectivity index (χ4v) is 5.92. The lowest BCUT2D eigenvalue weighted by Crippen LogP contribution is -2.39. The van der Waals surface area contributed by atoms with Crippen LogP contribution in [0.2, 0.25) is 0 Å². The Labute approximate surface area is 191 Å². The molecule has 1 aromatic carbocycles. The standard InChI is InChI=1S/C28H34O4/c1-4-5-6-7-25-24-14-10-20-16-21(30)11-15-23(20)26(24)27(32-18-28(25,2)17-29)19-8-12-22(31-3)13-9-19/h1,8-9,12-13,16,24-25,27,29H,5-7,10-11,14-15,17-18H2,2-3H3/t24?,25?,27-,28-/m0/s1. The summed E-state index contributed by atoms with van der Waals surface area (Å²) in [6, 6.07) is 8.11. The van der Waals surface area contributed by atoms with Crippen LogP contribution in [0.1, 0.15) is 63.5 Å². The summed E-state index contributed by atoms with van der Waals surface area (Å²) >= 11 is 0. The minimum absolute atomic E-state index is 0.0867. The number of aliphatic hydroxyl groups is 1. The van der Waals surface area contributed by atoms with Crippen LogP contribution in [0.3, 0.4) is 0 Å². The minimum Gasteiger partial charge on any atom is -0.497 e. The van der Waals surface area contributed by atoms with Crippen LogP contribution >= 0.6 is 0 Å². The van der Waals surface area contributed by atoms with Crippen LogP contribution in [0.15, 0.2) is 47.1 Å². The Morgan fingerprint density at radius 2 is 2.03 bits per heavy atom. The summed E-state index contributed by atoms with van der Waals surface area (Å²) in [4.78, 5) is 12.2. The van der Waals surface area contributed by atoms with E-state index in [0.717, 1.165) is 49.8 Å². The molecule has 0 bridgehead atoms. The van der Waals surface area contributed by atoms with E-state index in [-0.39, 0.29) is 29.8 Å². The fourth-order valence-electron chi connectivity index (χ4n) is 5.92. The number of rotatable bonds is 6. The number of fused-ring (bicyclic) bond motifs is 2. The Morgan fingerprint density at radius 1 is 1.25 bits per heavy atom. The first-order valence-electron chi connectivity index (χ1n) is 11.8. The second-order valence-electron chi connectivity index (χ2n) is 9.69. The molecule has 1 aromatic rings. The van der Waals surface area contributed by atoms with Crippen LogP contribution in [0.25, 0.3) is 0 Å². The van der Waals surface area contributed by atoms with Gasteiger partial charge in [0.1, 0.15) is 11.9 Å². The summed E-state index contributed by atoms with van der Waals surface area (Å²) in [6.45, 7) is 2.73. The smallest absolute Gasteiger partial charge is 0.156 e. The van der Waals surface area contributed by atoms with Gasteiger partial charge in [-0.3, -0.25) is 4.79 Å². The van der Waals surface area contributed by atoms with Crippen molar-refractivity contribution in [1.29, 1.82) is 0 Å². The van der Waals surface area contributed by atoms with Gasteiger partial charge in [0.2, 0.25) is 0 Å². The van der Waals surface area contributed by atoms with Gasteiger partial charge in [-0.1, -0.05) is 19.1 Å². The van der Waals surface area contributed by atoms with Crippen molar-refractivity contribution >= 4 is 5.78 Å². The zero-order valence-corrected chi connectivity index (χ0v) is 19.2. The third-order valence-corrected chi connectivity index (χ3v) is 7.68. The summed E-state index contributed by atoms with van der Waals surface area (Å²) < 4.78 is 12.0. The number of allylic oxidation sites excluding steroid dienone is 3. The molecule has 1 saturated heterocycles. The maximum Gasteiger partial charge on any atom is 0.156 e. The Morgan fingerprint density at radius 3 is 2.72 bits per heavy atom. The summed E-state index contributed by atoms with van der Waals surface area (Å²) in [5.41, 5.74) is 4.58. The average molecular weight is 435 g/mol. The van der Waals surface area contributed by atoms with Crippen molar-refractivity contribution in [1.82, 2.24) is 0 Å². The molecule has 3 aliphatic rings. The van der Waals surface area contributed by atoms with E-state index >= 15 is 0 Å². The van der Waals surface area contributed by atoms with Gasteiger partial charge < -0.3 is 14.6 Å². The van der Waals surface area contributed by atoms with Crippen LogP contribution < -0.4 is 4.74 Å². The number of carbonyl (C=O) groups excluding carboxylic acids is 1. The van der Waals surface area contributed by atoms with Gasteiger partial charge in [0.15, 0.2) is 5.78 Å². The van der Waals surface area contributed by atoms with Crippen molar-refractivity contribution < 1.29 is 19.4 Å². The highest BCUT2D eigenvalue weighted by molar-refractivity contribution is 5.93. The van der Waals surface area contributed by atoms with Gasteiger partial charge in [-0.2, -0.15) is 0 Å². The normalized spacial score (nSPS) is 30.0. The van der Waals surface area contributed by atoms with Crippen molar-refractivity contribution in [3.63, 3.8) is 0 Å². The van der Waals surface area contributed by atoms with Gasteiger partial charge in [0, 0.05) is 18.3 Å². The number of aliphatic hydroxyl groups excluding tert-OH is 1. The Balaban J connectivity index is 1.83. The van der Waals surface area contributed by atoms with Gasteiger partial charge in [0.25, 0.3) is 0 Å². The molecule has 32 heavy (non-hydrogen) atoms. The summed E-state index contributed by atoms with van der Waals surface area (Å²) in [7, 11) is 1.67. The van der Waals surface area contributed by atoms with E-state index in [9.17, 15) is 9.90 Å². The quantitative estimate of drug-likeness (QED) is 0.495. The van der Waals surface area contributed by atoms with Crippen molar-refractivity contribution in [2.45, 2.75) is 58.0 Å². The number of ether oxygens (including phenoxy) is 2. The van der Waals surface area contributed by atoms with Gasteiger partial charge in [-0.05, 0) is 84.4 Å². The lowest BCUT2D eigenvalue weighted by atomic mass is 9.61. The first-order valence-corrected chi connectivity index (χ1v) is 11.8. The number of terminal acetylenes is 1. The predicted octanol–water partition coefficient (Wildman–Crippen LogP) is 5.18. The minimum atomic E-state index is -0.335. The lowest BCUT2D eigenvalue weighted by Gasteiger charge is -2.42. The number of methoxy groups -OCH3 is 1. The largest absolute Gasteiger partial charge is 0.497 e. The van der Waals surface area contributed by atoms with Gasteiger partial charge in [0.05, 0.1) is 20.3 Å². The predicted molar refractivity (Wildman–Crippen MR) is 125 cm³/mol. The van der Waals surface area contributed by atoms with Crippen molar-refractivity contribution in [3.8, 4) is 18.1 Å². The first kappa shape index (κ1) is 22.8. The van der Waals surface area contributed by atoms with Gasteiger partial charge >= 0.3 is 0 Å². The number of hydrogen-bond acceptors (Lipinski definition) is 4. The Bertz CT molecular complexity index is 949. The zero-order valence-electron chi connectivity index (χ0n) is 19.2. The molecule has 0 amide bonds. The molecule has 1 fully saturated rings. The van der Waals surface area contributed by atoms with E-state index < -0.39 is 0 Å². The summed E-state index contributed by atoms with van der Waals surface area (Å²) in [6.07, 6.45) is 13.1. The van der Waals surface area contributed by atoms with Crippen LogP contribution in [0, 0.1) is 29.6 Å². The summed E-state index contributed by atoms with van der Waals surface area (Å²) in [5.74, 6) is 4.40. The molecule has 2 aliphatic carbocycles. The van der Waals surface area contributed by atoms with E-state index in [1.807, 2.05) is 18.2 Å². The maximum atomic E-state index is 12.2. The molecule has 1 heterocycles. The van der Waals surface area contributed by atoms with Gasteiger partial charge in [-0.15, -0.1) is 12.3 Å². The number of hydrogen-bond donors (Lipinski definition) is 1. The van der Waals surface area contributed by atoms with Gasteiger partial charge in [-0.25, -0.2) is 0 Å². The molecule has 0 radical (unpaired) electrons. The number of carbonyl (C=O) groups is 1. The van der Waals surface area contributed by atoms with Crippen LogP contribution in [0.5, 0.6) is 5.75 Å². The molecular formula is C28H34O4. The highest BCUT2D eigenvalue weighted by atomic mass is 16.5. The monoisotopic (exact) mass is 434 g/mol. The van der Waals surface area contributed by atoms with Crippen molar-refractivity contribution in [3.05, 3.63) is 52.6 Å². The highest BCUT2D eigenvalue weighted by Gasteiger charge is 2.47. The third kappa shape index (κ3) is 4.29. The number of benzene rings is 1. The Kier molecular flexibility index (Phi) is 6.88. The number of unbranched alkanes of at least 4 members (excludes halogenated alkanes) is 1. The van der Waals surface area contributed by atoms with Crippen LogP contribution in [-0.2, 0) is 9.53 Å². The summed E-state index contributed by atoms with van der Waals surface area (Å²) in [5, 5.41) is 10.5. The second kappa shape index (κ2) is 9.65. The average Bonchev–Trinajstić information content (AvgIpc) is 2.94. The molecule has 0 aromatic heterocycles. The SMILES string of the molecule is C#CCCCC1C2CCC3=CC(=O)CCC3=C2[C@H](c2ccc(OC)cc2)OC[C@]1(C)CO. The van der Waals surface area contributed by atoms with E-state index in [2.05, 4.69) is 25.0 Å². The molecule has 4 rings (SSSR count). The topological polar surface area (TPSA) is 55.8 Å². The molecule has 4 nitrogen and oxygen atoms in total. The third-order valence-electron chi connectivity index (χ3n) is 7.68. The lowest BCUT2D eigenvalue weighted by molar-refractivity contribution is -0.114. The molecule has 1 aliphatic heterocycles. The van der Waals surface area contributed by atoms with E-state index in [0.29, 0.717) is 18.9 Å².